The number of rotatable bonds is 0. The highest BCUT2D eigenvalue weighted by atomic mass is 79.9. The molecule has 0 atom stereocenters. The third-order valence-corrected chi connectivity index (χ3v) is 3.04. The van der Waals surface area contributed by atoms with Gasteiger partial charge in [0, 0.05) is 7.05 Å². The molecule has 0 bridgehead atoms. The highest BCUT2D eigenvalue weighted by Gasteiger charge is 2.40. The van der Waals surface area contributed by atoms with Crippen molar-refractivity contribution in [2.24, 2.45) is 0 Å². The molecule has 0 fully saturated rings. The van der Waals surface area contributed by atoms with Gasteiger partial charge in [-0.15, -0.1) is 0 Å². The molecule has 1 aromatic rings. The van der Waals surface area contributed by atoms with Crippen LogP contribution >= 0.6 is 15.9 Å². The minimum Gasteiger partial charge on any atom is -0.284 e. The van der Waals surface area contributed by atoms with Crippen molar-refractivity contribution >= 4 is 27.8 Å². The number of halogens is 4. The standard InChI is InChI=1S/C8H5BrF3N3O2/c1-14-3(16)2-15-6(17)4(9)5(8(10,11)12)13-7(14)15/h2H2,1H3. The molecule has 1 aliphatic heterocycles. The number of alkyl halides is 3. The Bertz CT molecular complexity index is 566. The van der Waals surface area contributed by atoms with Crippen LogP contribution in [0, 0.1) is 0 Å². The monoisotopic (exact) mass is 311 g/mol. The Kier molecular flexibility index (Phi) is 2.53. The molecule has 2 heterocycles. The summed E-state index contributed by atoms with van der Waals surface area (Å²) in [6, 6.07) is 0. The average molecular weight is 312 g/mol. The van der Waals surface area contributed by atoms with Gasteiger partial charge < -0.3 is 0 Å². The van der Waals surface area contributed by atoms with Gasteiger partial charge in [0.25, 0.3) is 5.56 Å². The van der Waals surface area contributed by atoms with Crippen LogP contribution in [0.2, 0.25) is 0 Å². The van der Waals surface area contributed by atoms with Gasteiger partial charge in [-0.25, -0.2) is 4.98 Å². The number of carbonyl (C=O) groups excluding carboxylic acids is 1. The SMILES string of the molecule is CN1C(=O)Cn2c1nc(C(F)(F)F)c(Br)c2=O. The first-order chi connectivity index (χ1) is 7.73. The molecule has 1 aliphatic rings. The van der Waals surface area contributed by atoms with E-state index < -0.39 is 27.8 Å². The maximum atomic E-state index is 12.6. The second-order valence-electron chi connectivity index (χ2n) is 3.42. The second-order valence-corrected chi connectivity index (χ2v) is 4.21. The summed E-state index contributed by atoms with van der Waals surface area (Å²) >= 11 is 2.56. The molecule has 0 saturated carbocycles. The molecule has 2 rings (SSSR count). The van der Waals surface area contributed by atoms with Gasteiger partial charge in [-0.1, -0.05) is 0 Å². The minimum atomic E-state index is -4.75. The van der Waals surface area contributed by atoms with E-state index in [0.29, 0.717) is 0 Å². The van der Waals surface area contributed by atoms with Crippen molar-refractivity contribution < 1.29 is 18.0 Å². The Morgan fingerprint density at radius 3 is 2.47 bits per heavy atom. The van der Waals surface area contributed by atoms with Gasteiger partial charge in [-0.3, -0.25) is 19.1 Å². The van der Waals surface area contributed by atoms with Gasteiger partial charge in [0.2, 0.25) is 11.9 Å². The van der Waals surface area contributed by atoms with Gasteiger partial charge in [-0.05, 0) is 15.9 Å². The first-order valence-corrected chi connectivity index (χ1v) is 5.17. The Balaban J connectivity index is 2.75. The average Bonchev–Trinajstić information content (AvgIpc) is 2.48. The smallest absolute Gasteiger partial charge is 0.284 e. The number of likely N-dealkylation sites (N-methyl/N-ethyl adjacent to an activating group) is 1. The predicted octanol–water partition coefficient (Wildman–Crippen LogP) is 1.00. The Hall–Kier alpha value is -1.38. The van der Waals surface area contributed by atoms with Crippen LogP contribution in [0.1, 0.15) is 5.69 Å². The van der Waals surface area contributed by atoms with Crippen LogP contribution in [-0.2, 0) is 17.5 Å². The van der Waals surface area contributed by atoms with E-state index >= 15 is 0 Å². The minimum absolute atomic E-state index is 0.296. The van der Waals surface area contributed by atoms with Gasteiger partial charge in [-0.2, -0.15) is 13.2 Å². The molecule has 0 unspecified atom stereocenters. The summed E-state index contributed by atoms with van der Waals surface area (Å²) in [5, 5.41) is 0. The molecular weight excluding hydrogens is 307 g/mol. The number of carbonyl (C=O) groups is 1. The highest BCUT2D eigenvalue weighted by Crippen LogP contribution is 2.33. The predicted molar refractivity (Wildman–Crippen MR) is 54.6 cm³/mol. The number of anilines is 1. The van der Waals surface area contributed by atoms with E-state index in [9.17, 15) is 22.8 Å². The normalized spacial score (nSPS) is 15.4. The van der Waals surface area contributed by atoms with Crippen LogP contribution < -0.4 is 10.5 Å². The van der Waals surface area contributed by atoms with Crippen molar-refractivity contribution in [1.82, 2.24) is 9.55 Å². The van der Waals surface area contributed by atoms with E-state index in [0.717, 1.165) is 9.47 Å². The second kappa shape index (κ2) is 3.56. The maximum absolute atomic E-state index is 12.6. The topological polar surface area (TPSA) is 55.2 Å². The van der Waals surface area contributed by atoms with Crippen molar-refractivity contribution in [3.05, 3.63) is 20.5 Å². The van der Waals surface area contributed by atoms with E-state index in [4.69, 9.17) is 0 Å². The lowest BCUT2D eigenvalue weighted by Gasteiger charge is -2.12. The molecule has 0 aromatic carbocycles. The molecule has 5 nitrogen and oxygen atoms in total. The van der Waals surface area contributed by atoms with Crippen molar-refractivity contribution in [2.75, 3.05) is 11.9 Å². The summed E-state index contributed by atoms with van der Waals surface area (Å²) < 4.78 is 37.9. The lowest BCUT2D eigenvalue weighted by atomic mass is 10.4. The van der Waals surface area contributed by atoms with Crippen molar-refractivity contribution in [3.63, 3.8) is 0 Å². The first kappa shape index (κ1) is 12.1. The molecule has 1 aromatic heterocycles. The summed E-state index contributed by atoms with van der Waals surface area (Å²) in [5.74, 6) is -0.781. The largest absolute Gasteiger partial charge is 0.434 e. The lowest BCUT2D eigenvalue weighted by Crippen LogP contribution is -2.26. The Labute approximate surface area is 101 Å². The Morgan fingerprint density at radius 2 is 1.94 bits per heavy atom. The van der Waals surface area contributed by atoms with Gasteiger partial charge in [0.1, 0.15) is 11.0 Å². The summed E-state index contributed by atoms with van der Waals surface area (Å²) in [6.07, 6.45) is -4.75. The fourth-order valence-corrected chi connectivity index (χ4v) is 1.99. The van der Waals surface area contributed by atoms with Crippen LogP contribution in [0.3, 0.4) is 0 Å². The number of nitrogens with zero attached hydrogens (tertiary/aromatic N) is 3. The van der Waals surface area contributed by atoms with Crippen LogP contribution in [-0.4, -0.2) is 22.5 Å². The molecule has 0 spiro atoms. The number of fused-ring (bicyclic) bond motifs is 1. The maximum Gasteiger partial charge on any atom is 0.434 e. The lowest BCUT2D eigenvalue weighted by molar-refractivity contribution is -0.142. The third kappa shape index (κ3) is 1.74. The zero-order valence-corrected chi connectivity index (χ0v) is 9.96. The highest BCUT2D eigenvalue weighted by molar-refractivity contribution is 9.10. The molecule has 0 aliphatic carbocycles. The molecule has 92 valence electrons. The molecular formula is C8H5BrF3N3O2. The summed E-state index contributed by atoms with van der Waals surface area (Å²) in [6.45, 7) is -0.297. The van der Waals surface area contributed by atoms with Crippen LogP contribution in [0.4, 0.5) is 19.1 Å². The molecule has 17 heavy (non-hydrogen) atoms. The van der Waals surface area contributed by atoms with E-state index in [1.165, 1.54) is 7.05 Å². The summed E-state index contributed by atoms with van der Waals surface area (Å²) in [5.41, 5.74) is -2.24. The van der Waals surface area contributed by atoms with Crippen LogP contribution in [0.5, 0.6) is 0 Å². The fourth-order valence-electron chi connectivity index (χ4n) is 1.46. The summed E-state index contributed by atoms with van der Waals surface area (Å²) in [4.78, 5) is 27.1. The van der Waals surface area contributed by atoms with Gasteiger partial charge >= 0.3 is 6.18 Å². The number of amides is 1. The van der Waals surface area contributed by atoms with Gasteiger partial charge in [0.05, 0.1) is 0 Å². The van der Waals surface area contributed by atoms with Gasteiger partial charge in [0.15, 0.2) is 5.69 Å². The van der Waals surface area contributed by atoms with Crippen molar-refractivity contribution in [3.8, 4) is 0 Å². The molecule has 1 amide bonds. The Morgan fingerprint density at radius 1 is 1.35 bits per heavy atom. The quantitative estimate of drug-likeness (QED) is 0.718. The van der Waals surface area contributed by atoms with E-state index in [1.807, 2.05) is 0 Å². The molecule has 9 heteroatoms. The molecule has 0 saturated heterocycles. The van der Waals surface area contributed by atoms with E-state index in [1.54, 1.807) is 0 Å². The molecule has 0 N–H and O–H groups in total. The van der Waals surface area contributed by atoms with E-state index in [2.05, 4.69) is 20.9 Å². The number of hydrogen-bond donors (Lipinski definition) is 0. The van der Waals surface area contributed by atoms with Crippen molar-refractivity contribution in [2.45, 2.75) is 12.7 Å². The zero-order valence-electron chi connectivity index (χ0n) is 8.38. The number of aromatic nitrogens is 2. The van der Waals surface area contributed by atoms with Crippen LogP contribution in [0.15, 0.2) is 9.27 Å². The van der Waals surface area contributed by atoms with Crippen molar-refractivity contribution in [1.29, 1.82) is 0 Å². The molecule has 0 radical (unpaired) electrons. The first-order valence-electron chi connectivity index (χ1n) is 4.37. The number of hydrogen-bond acceptors (Lipinski definition) is 3. The van der Waals surface area contributed by atoms with E-state index in [-0.39, 0.29) is 12.5 Å². The third-order valence-electron chi connectivity index (χ3n) is 2.33. The summed E-state index contributed by atoms with van der Waals surface area (Å²) in [7, 11) is 1.27. The van der Waals surface area contributed by atoms with Crippen LogP contribution in [0.25, 0.3) is 0 Å². The fraction of sp³-hybridized carbons (Fsp3) is 0.375. The zero-order chi connectivity index (χ0) is 13.0.